The Morgan fingerprint density at radius 2 is 1.76 bits per heavy atom. The molecule has 2 aromatic rings. The van der Waals surface area contributed by atoms with E-state index >= 15 is 0 Å². The molecule has 29 heavy (non-hydrogen) atoms. The molecule has 1 aliphatic rings. The number of amides is 3. The third kappa shape index (κ3) is 5.82. The molecule has 1 heterocycles. The van der Waals surface area contributed by atoms with Crippen molar-refractivity contribution in [3.05, 3.63) is 60.2 Å². The van der Waals surface area contributed by atoms with Crippen molar-refractivity contribution in [3.63, 3.8) is 0 Å². The summed E-state index contributed by atoms with van der Waals surface area (Å²) in [5.74, 6) is 0.873. The summed E-state index contributed by atoms with van der Waals surface area (Å²) in [6, 6.07) is 16.9. The number of nitrogens with zero attached hydrogens (tertiary/aromatic N) is 1. The minimum absolute atomic E-state index is 0.0242. The normalized spacial score (nSPS) is 16.2. The van der Waals surface area contributed by atoms with Crippen LogP contribution >= 0.6 is 11.8 Å². The first-order valence-corrected chi connectivity index (χ1v) is 10.3. The van der Waals surface area contributed by atoms with Gasteiger partial charge in [0.15, 0.2) is 0 Å². The molecule has 0 aromatic heterocycles. The quantitative estimate of drug-likeness (QED) is 0.655. The molecule has 3 rings (SSSR count). The second-order valence-corrected chi connectivity index (χ2v) is 7.70. The Balaban J connectivity index is 1.46. The van der Waals surface area contributed by atoms with Crippen LogP contribution in [0.15, 0.2) is 54.6 Å². The van der Waals surface area contributed by atoms with Crippen LogP contribution < -0.4 is 15.8 Å². The van der Waals surface area contributed by atoms with Crippen LogP contribution in [0, 0.1) is 0 Å². The molecule has 1 unspecified atom stereocenters. The van der Waals surface area contributed by atoms with Gasteiger partial charge in [0.1, 0.15) is 16.7 Å². The zero-order valence-corrected chi connectivity index (χ0v) is 16.7. The molecule has 1 fully saturated rings. The molecule has 3 N–H and O–H groups in total. The van der Waals surface area contributed by atoms with E-state index < -0.39 is 5.25 Å². The lowest BCUT2D eigenvalue weighted by molar-refractivity contribution is -0.129. The van der Waals surface area contributed by atoms with Crippen LogP contribution in [0.1, 0.15) is 18.4 Å². The van der Waals surface area contributed by atoms with E-state index in [1.807, 2.05) is 54.6 Å². The molecule has 3 amide bonds. The number of hydrogen-bond acceptors (Lipinski definition) is 6. The van der Waals surface area contributed by atoms with Gasteiger partial charge in [0.2, 0.25) is 11.8 Å². The highest BCUT2D eigenvalue weighted by Gasteiger charge is 2.40. The molecular weight excluding hydrogens is 390 g/mol. The Bertz CT molecular complexity index is 858. The fraction of sp³-hybridized carbons (Fsp3) is 0.286. The van der Waals surface area contributed by atoms with Crippen molar-refractivity contribution in [2.75, 3.05) is 13.1 Å². The van der Waals surface area contributed by atoms with Gasteiger partial charge in [-0.2, -0.15) is 0 Å². The van der Waals surface area contributed by atoms with Gasteiger partial charge in [0, 0.05) is 19.5 Å². The number of nitrogens with two attached hydrogens (primary N) is 1. The molecular formula is C21H23N3O4S. The Morgan fingerprint density at radius 3 is 2.45 bits per heavy atom. The Hall–Kier alpha value is -2.84. The zero-order chi connectivity index (χ0) is 20.6. The molecule has 0 aliphatic carbocycles. The summed E-state index contributed by atoms with van der Waals surface area (Å²) < 4.78 is 5.74. The highest BCUT2D eigenvalue weighted by Crippen LogP contribution is 2.29. The van der Waals surface area contributed by atoms with E-state index in [4.69, 9.17) is 10.5 Å². The highest BCUT2D eigenvalue weighted by atomic mass is 32.2. The first-order chi connectivity index (χ1) is 14.1. The fourth-order valence-corrected chi connectivity index (χ4v) is 3.84. The van der Waals surface area contributed by atoms with E-state index in [1.54, 1.807) is 0 Å². The van der Waals surface area contributed by atoms with Crippen LogP contribution in [-0.2, 0) is 16.1 Å². The lowest BCUT2D eigenvalue weighted by Crippen LogP contribution is -2.35. The van der Waals surface area contributed by atoms with Gasteiger partial charge in [-0.3, -0.25) is 19.3 Å². The molecule has 0 saturated carbocycles. The van der Waals surface area contributed by atoms with Crippen LogP contribution in [-0.4, -0.2) is 40.3 Å². The van der Waals surface area contributed by atoms with Crippen molar-refractivity contribution in [2.24, 2.45) is 5.73 Å². The summed E-state index contributed by atoms with van der Waals surface area (Å²) in [5, 5.41) is 1.82. The number of benzene rings is 2. The third-order valence-electron chi connectivity index (χ3n) is 4.35. The van der Waals surface area contributed by atoms with Crippen molar-refractivity contribution in [3.8, 4) is 11.5 Å². The number of imide groups is 1. The van der Waals surface area contributed by atoms with Gasteiger partial charge in [0.25, 0.3) is 5.24 Å². The largest absolute Gasteiger partial charge is 0.457 e. The van der Waals surface area contributed by atoms with Gasteiger partial charge in [0.05, 0.1) is 0 Å². The van der Waals surface area contributed by atoms with Crippen LogP contribution in [0.25, 0.3) is 0 Å². The van der Waals surface area contributed by atoms with Gasteiger partial charge in [-0.15, -0.1) is 0 Å². The molecule has 1 atom stereocenters. The number of rotatable bonds is 9. The van der Waals surface area contributed by atoms with E-state index in [2.05, 4.69) is 5.32 Å². The molecule has 1 saturated heterocycles. The topological polar surface area (TPSA) is 102 Å². The molecule has 8 heteroatoms. The minimum Gasteiger partial charge on any atom is -0.457 e. The second-order valence-electron chi connectivity index (χ2n) is 6.54. The molecule has 7 nitrogen and oxygen atoms in total. The van der Waals surface area contributed by atoms with E-state index in [0.29, 0.717) is 31.8 Å². The van der Waals surface area contributed by atoms with Gasteiger partial charge >= 0.3 is 0 Å². The van der Waals surface area contributed by atoms with Gasteiger partial charge < -0.3 is 15.8 Å². The van der Waals surface area contributed by atoms with Crippen LogP contribution in [0.2, 0.25) is 0 Å². The van der Waals surface area contributed by atoms with Crippen molar-refractivity contribution in [2.45, 2.75) is 24.6 Å². The van der Waals surface area contributed by atoms with Crippen molar-refractivity contribution < 1.29 is 19.1 Å². The predicted molar refractivity (Wildman–Crippen MR) is 112 cm³/mol. The summed E-state index contributed by atoms with van der Waals surface area (Å²) in [7, 11) is 0. The molecule has 0 bridgehead atoms. The number of para-hydroxylation sites is 1. The summed E-state index contributed by atoms with van der Waals surface area (Å²) in [5.41, 5.74) is 6.33. The molecule has 152 valence electrons. The number of hydrogen-bond donors (Lipinski definition) is 2. The average Bonchev–Trinajstić information content (AvgIpc) is 2.99. The molecule has 2 aromatic carbocycles. The first-order valence-electron chi connectivity index (χ1n) is 9.37. The lowest BCUT2D eigenvalue weighted by Gasteiger charge is -2.13. The first kappa shape index (κ1) is 20.9. The molecule has 1 aliphatic heterocycles. The standard InChI is InChI=1S/C21H23N3O4S/c22-11-4-12-24-20(26)18(29-21(24)27)13-19(25)23-14-15-7-9-17(10-8-15)28-16-5-2-1-3-6-16/h1-3,5-10,18H,4,11-14,22H2,(H,23,25). The van der Waals surface area contributed by atoms with Gasteiger partial charge in [-0.1, -0.05) is 42.1 Å². The van der Waals surface area contributed by atoms with E-state index in [0.717, 1.165) is 23.1 Å². The summed E-state index contributed by atoms with van der Waals surface area (Å²) in [6.07, 6.45) is 0.532. The van der Waals surface area contributed by atoms with Crippen LogP contribution in [0.5, 0.6) is 11.5 Å². The fourth-order valence-electron chi connectivity index (χ4n) is 2.82. The smallest absolute Gasteiger partial charge is 0.289 e. The number of ether oxygens (including phenoxy) is 1. The van der Waals surface area contributed by atoms with Crippen LogP contribution in [0.3, 0.4) is 0 Å². The zero-order valence-electron chi connectivity index (χ0n) is 15.9. The van der Waals surface area contributed by atoms with Crippen molar-refractivity contribution in [1.82, 2.24) is 10.2 Å². The lowest BCUT2D eigenvalue weighted by atomic mass is 10.2. The Kier molecular flexibility index (Phi) is 7.26. The summed E-state index contributed by atoms with van der Waals surface area (Å²) >= 11 is 0.904. The SMILES string of the molecule is NCCCN1C(=O)SC(CC(=O)NCc2ccc(Oc3ccccc3)cc2)C1=O. The van der Waals surface area contributed by atoms with E-state index in [1.165, 1.54) is 4.90 Å². The minimum atomic E-state index is -0.665. The van der Waals surface area contributed by atoms with Crippen molar-refractivity contribution in [1.29, 1.82) is 0 Å². The van der Waals surface area contributed by atoms with Gasteiger partial charge in [-0.05, 0) is 42.8 Å². The Labute approximate surface area is 173 Å². The monoisotopic (exact) mass is 413 g/mol. The number of thioether (sulfide) groups is 1. The summed E-state index contributed by atoms with van der Waals surface area (Å²) in [4.78, 5) is 37.6. The molecule has 0 spiro atoms. The predicted octanol–water partition coefficient (Wildman–Crippen LogP) is 2.90. The Morgan fingerprint density at radius 1 is 1.07 bits per heavy atom. The second kappa shape index (κ2) is 10.1. The number of nitrogens with one attached hydrogen (secondary N) is 1. The number of carbonyl (C=O) groups is 3. The maximum Gasteiger partial charge on any atom is 0.289 e. The van der Waals surface area contributed by atoms with Crippen molar-refractivity contribution >= 4 is 28.8 Å². The highest BCUT2D eigenvalue weighted by molar-refractivity contribution is 8.15. The van der Waals surface area contributed by atoms with Gasteiger partial charge in [-0.25, -0.2) is 0 Å². The molecule has 0 radical (unpaired) electrons. The maximum atomic E-state index is 12.3. The average molecular weight is 413 g/mol. The summed E-state index contributed by atoms with van der Waals surface area (Å²) in [6.45, 7) is 1.04. The third-order valence-corrected chi connectivity index (χ3v) is 5.43. The van der Waals surface area contributed by atoms with E-state index in [-0.39, 0.29) is 23.5 Å². The maximum absolute atomic E-state index is 12.3. The van der Waals surface area contributed by atoms with E-state index in [9.17, 15) is 14.4 Å². The number of carbonyl (C=O) groups excluding carboxylic acids is 3. The van der Waals surface area contributed by atoms with Crippen LogP contribution in [0.4, 0.5) is 4.79 Å².